The molecule has 1 heteroatoms. The van der Waals surface area contributed by atoms with Gasteiger partial charge in [0, 0.05) is 22.4 Å². The van der Waals surface area contributed by atoms with Gasteiger partial charge in [0.15, 0.2) is 0 Å². The predicted molar refractivity (Wildman–Crippen MR) is 205 cm³/mol. The van der Waals surface area contributed by atoms with Gasteiger partial charge < -0.3 is 4.90 Å². The van der Waals surface area contributed by atoms with Crippen molar-refractivity contribution in [3.63, 3.8) is 0 Å². The third-order valence-electron chi connectivity index (χ3n) is 10.8. The summed E-state index contributed by atoms with van der Waals surface area (Å²) in [6.45, 7) is 11.6. The van der Waals surface area contributed by atoms with Crippen molar-refractivity contribution in [1.82, 2.24) is 0 Å². The van der Waals surface area contributed by atoms with Crippen LogP contribution < -0.4 is 4.90 Å². The van der Waals surface area contributed by atoms with E-state index in [0.29, 0.717) is 0 Å². The Hall–Kier alpha value is -4.88. The van der Waals surface area contributed by atoms with E-state index in [1.165, 1.54) is 92.6 Å². The summed E-state index contributed by atoms with van der Waals surface area (Å²) in [5.41, 5.74) is 18.4. The molecule has 6 aromatic rings. The van der Waals surface area contributed by atoms with Gasteiger partial charge in [0.25, 0.3) is 0 Å². The van der Waals surface area contributed by atoms with Crippen LogP contribution >= 0.6 is 0 Å². The van der Waals surface area contributed by atoms with Gasteiger partial charge in [-0.1, -0.05) is 132 Å². The maximum Gasteiger partial charge on any atom is 0.0543 e. The van der Waals surface area contributed by atoms with Gasteiger partial charge in [-0.05, 0) is 123 Å². The summed E-state index contributed by atoms with van der Waals surface area (Å²) < 4.78 is 0. The van der Waals surface area contributed by atoms with E-state index in [2.05, 4.69) is 173 Å². The molecule has 0 saturated heterocycles. The van der Waals surface area contributed by atoms with Crippen LogP contribution in [0.25, 0.3) is 33.4 Å². The predicted octanol–water partition coefficient (Wildman–Crippen LogP) is 13.0. The van der Waals surface area contributed by atoms with E-state index in [4.69, 9.17) is 0 Å². The Kier molecular flexibility index (Phi) is 7.40. The largest absolute Gasteiger partial charge is 0.310 e. The summed E-state index contributed by atoms with van der Waals surface area (Å²) in [6, 6.07) is 50.4. The lowest BCUT2D eigenvalue weighted by atomic mass is 9.81. The van der Waals surface area contributed by atoms with Gasteiger partial charge in [-0.3, -0.25) is 0 Å². The summed E-state index contributed by atoms with van der Waals surface area (Å²) in [6.07, 6.45) is 5.02. The Morgan fingerprint density at radius 3 is 1.85 bits per heavy atom. The first-order valence-corrected chi connectivity index (χ1v) is 17.7. The van der Waals surface area contributed by atoms with Gasteiger partial charge in [0.2, 0.25) is 0 Å². The third-order valence-corrected chi connectivity index (χ3v) is 10.8. The fourth-order valence-electron chi connectivity index (χ4n) is 8.02. The zero-order valence-electron chi connectivity index (χ0n) is 29.0. The lowest BCUT2D eigenvalue weighted by Gasteiger charge is -2.31. The molecule has 0 bridgehead atoms. The van der Waals surface area contributed by atoms with Gasteiger partial charge in [-0.15, -0.1) is 0 Å². The summed E-state index contributed by atoms with van der Waals surface area (Å²) >= 11 is 0. The smallest absolute Gasteiger partial charge is 0.0543 e. The van der Waals surface area contributed by atoms with E-state index in [1.54, 1.807) is 0 Å². The normalized spacial score (nSPS) is 14.6. The molecule has 0 N–H and O–H groups in total. The first kappa shape index (κ1) is 30.5. The average molecular weight is 624 g/mol. The summed E-state index contributed by atoms with van der Waals surface area (Å²) in [7, 11) is 0. The van der Waals surface area contributed by atoms with E-state index in [0.717, 1.165) is 11.4 Å². The molecule has 6 aromatic carbocycles. The number of hydrogen-bond acceptors (Lipinski definition) is 1. The highest BCUT2D eigenvalue weighted by molar-refractivity contribution is 5.95. The van der Waals surface area contributed by atoms with Crippen LogP contribution in [0.3, 0.4) is 0 Å². The number of benzene rings is 6. The van der Waals surface area contributed by atoms with Crippen molar-refractivity contribution in [2.75, 3.05) is 4.90 Å². The topological polar surface area (TPSA) is 3.24 Å². The molecule has 0 heterocycles. The van der Waals surface area contributed by atoms with Gasteiger partial charge in [-0.2, -0.15) is 0 Å². The quantitative estimate of drug-likeness (QED) is 0.185. The van der Waals surface area contributed by atoms with Gasteiger partial charge >= 0.3 is 0 Å². The number of fused-ring (bicyclic) bond motifs is 4. The number of aryl methyl sites for hydroxylation is 2. The molecule has 238 valence electrons. The van der Waals surface area contributed by atoms with Gasteiger partial charge in [0.1, 0.15) is 0 Å². The molecule has 0 aromatic heterocycles. The molecule has 0 atom stereocenters. The van der Waals surface area contributed by atoms with Crippen molar-refractivity contribution < 1.29 is 0 Å². The molecule has 0 radical (unpaired) electrons. The molecule has 0 aliphatic heterocycles. The van der Waals surface area contributed by atoms with Gasteiger partial charge in [-0.25, -0.2) is 0 Å². The second-order valence-electron chi connectivity index (χ2n) is 15.3. The fourth-order valence-corrected chi connectivity index (χ4v) is 8.02. The molecule has 0 fully saturated rings. The van der Waals surface area contributed by atoms with Crippen molar-refractivity contribution in [3.8, 4) is 33.4 Å². The molecule has 2 aliphatic carbocycles. The van der Waals surface area contributed by atoms with Crippen molar-refractivity contribution in [2.45, 2.75) is 71.1 Å². The van der Waals surface area contributed by atoms with E-state index < -0.39 is 0 Å². The Bertz CT molecular complexity index is 2110. The molecule has 0 spiro atoms. The first-order chi connectivity index (χ1) is 23.2. The lowest BCUT2D eigenvalue weighted by molar-refractivity contribution is 0.590. The molecule has 8 rings (SSSR count). The van der Waals surface area contributed by atoms with E-state index in [9.17, 15) is 0 Å². The molecule has 48 heavy (non-hydrogen) atoms. The molecule has 0 unspecified atom stereocenters. The zero-order valence-corrected chi connectivity index (χ0v) is 29.0. The van der Waals surface area contributed by atoms with Crippen LogP contribution in [0.15, 0.2) is 133 Å². The van der Waals surface area contributed by atoms with Gasteiger partial charge in [0.05, 0.1) is 5.69 Å². The molecular formula is C47H45N. The highest BCUT2D eigenvalue weighted by Gasteiger charge is 2.37. The molecule has 2 aliphatic rings. The van der Waals surface area contributed by atoms with Crippen LogP contribution in [0.4, 0.5) is 17.1 Å². The van der Waals surface area contributed by atoms with Crippen LogP contribution in [0.5, 0.6) is 0 Å². The summed E-state index contributed by atoms with van der Waals surface area (Å²) in [5, 5.41) is 0. The SMILES string of the molecule is CC(C)(C)c1ccc(N(c2ccccc2)c2cc3c(cc2-c2ccc(-c4ccc5c(c4)CCCC5)cc2)-c2ccccc2C3(C)C)cc1. The standard InChI is InChI=1S/C47H45N/c1-46(2,3)37-25-27-39(28-26-37)48(38-15-7-6-8-16-38)45-31-44-42(40-17-11-12-18-43(40)47(44,4)5)30-41(45)34-22-19-33(20-23-34)36-24-21-32-13-9-10-14-35(32)29-36/h6-8,11-12,15-31H,9-10,13-14H2,1-5H3. The number of anilines is 3. The maximum atomic E-state index is 2.48. The summed E-state index contributed by atoms with van der Waals surface area (Å²) in [4.78, 5) is 2.46. The molecule has 0 saturated carbocycles. The average Bonchev–Trinajstić information content (AvgIpc) is 3.33. The second kappa shape index (κ2) is 11.7. The Labute approximate surface area is 286 Å². The number of nitrogens with zero attached hydrogens (tertiary/aromatic N) is 1. The molecule has 1 nitrogen and oxygen atoms in total. The fraction of sp³-hybridized carbons (Fsp3) is 0.234. The summed E-state index contributed by atoms with van der Waals surface area (Å²) in [5.74, 6) is 0. The maximum absolute atomic E-state index is 2.48. The van der Waals surface area contributed by atoms with Crippen molar-refractivity contribution in [3.05, 3.63) is 161 Å². The lowest BCUT2D eigenvalue weighted by Crippen LogP contribution is -2.17. The number of rotatable bonds is 5. The Balaban J connectivity index is 1.32. The minimum Gasteiger partial charge on any atom is -0.310 e. The zero-order chi connectivity index (χ0) is 33.0. The second-order valence-corrected chi connectivity index (χ2v) is 15.3. The number of para-hydroxylation sites is 1. The van der Waals surface area contributed by atoms with E-state index >= 15 is 0 Å². The van der Waals surface area contributed by atoms with Crippen LogP contribution in [0.2, 0.25) is 0 Å². The Morgan fingerprint density at radius 2 is 1.12 bits per heavy atom. The van der Waals surface area contributed by atoms with Crippen molar-refractivity contribution >= 4 is 17.1 Å². The van der Waals surface area contributed by atoms with Crippen LogP contribution in [-0.2, 0) is 23.7 Å². The minimum atomic E-state index is -0.103. The van der Waals surface area contributed by atoms with E-state index in [-0.39, 0.29) is 10.8 Å². The third kappa shape index (κ3) is 5.27. The van der Waals surface area contributed by atoms with Crippen molar-refractivity contribution in [2.24, 2.45) is 0 Å². The molecule has 0 amide bonds. The van der Waals surface area contributed by atoms with Crippen LogP contribution in [-0.4, -0.2) is 0 Å². The first-order valence-electron chi connectivity index (χ1n) is 17.7. The Morgan fingerprint density at radius 1 is 0.500 bits per heavy atom. The highest BCUT2D eigenvalue weighted by Crippen LogP contribution is 2.53. The monoisotopic (exact) mass is 623 g/mol. The highest BCUT2D eigenvalue weighted by atomic mass is 15.1. The molecular weight excluding hydrogens is 579 g/mol. The van der Waals surface area contributed by atoms with Crippen LogP contribution in [0.1, 0.15) is 75.3 Å². The van der Waals surface area contributed by atoms with Crippen LogP contribution in [0, 0.1) is 0 Å². The van der Waals surface area contributed by atoms with E-state index in [1.807, 2.05) is 0 Å². The minimum absolute atomic E-state index is 0.0877. The number of hydrogen-bond donors (Lipinski definition) is 0. The van der Waals surface area contributed by atoms with Crippen molar-refractivity contribution in [1.29, 1.82) is 0 Å².